The molecule has 0 saturated carbocycles. The number of hydrogen-bond donors (Lipinski definition) is 0. The van der Waals surface area contributed by atoms with E-state index >= 15 is 0 Å². The Morgan fingerprint density at radius 2 is 1.64 bits per heavy atom. The third-order valence-corrected chi connectivity index (χ3v) is 1.61. The van der Waals surface area contributed by atoms with E-state index in [9.17, 15) is 22.4 Å². The van der Waals surface area contributed by atoms with Crippen LogP contribution < -0.4 is 0 Å². The van der Waals surface area contributed by atoms with Crippen molar-refractivity contribution in [2.75, 3.05) is 0 Å². The Morgan fingerprint density at radius 1 is 1.14 bits per heavy atom. The maximum atomic E-state index is 12.5. The number of rotatable bonds is 3. The molecule has 0 spiro atoms. The van der Waals surface area contributed by atoms with E-state index in [1.54, 1.807) is 0 Å². The molecule has 1 rings (SSSR count). The van der Waals surface area contributed by atoms with E-state index in [2.05, 4.69) is 0 Å². The summed E-state index contributed by atoms with van der Waals surface area (Å²) in [6.07, 6.45) is -3.98. The fraction of sp³-hybridized carbons (Fsp3) is 0.222. The Hall–Kier alpha value is -1.39. The average Bonchev–Trinajstić information content (AvgIpc) is 2.17. The van der Waals surface area contributed by atoms with Gasteiger partial charge in [-0.15, -0.1) is 0 Å². The van der Waals surface area contributed by atoms with E-state index in [0.29, 0.717) is 0 Å². The van der Waals surface area contributed by atoms with Gasteiger partial charge in [0, 0.05) is 5.56 Å². The van der Waals surface area contributed by atoms with E-state index in [4.69, 9.17) is 0 Å². The van der Waals surface area contributed by atoms with E-state index in [1.807, 2.05) is 0 Å². The highest BCUT2D eigenvalue weighted by Gasteiger charge is 2.48. The average molecular weight is 206 g/mol. The molecule has 0 radical (unpaired) electrons. The molecule has 0 atom stereocenters. The second kappa shape index (κ2) is 3.77. The van der Waals surface area contributed by atoms with Crippen LogP contribution in [0.4, 0.5) is 17.6 Å². The second-order valence-electron chi connectivity index (χ2n) is 2.62. The van der Waals surface area contributed by atoms with Crippen molar-refractivity contribution in [2.45, 2.75) is 12.3 Å². The molecular formula is C9H6F4O. The third kappa shape index (κ3) is 1.92. The van der Waals surface area contributed by atoms with Crippen LogP contribution in [0.2, 0.25) is 0 Å². The van der Waals surface area contributed by atoms with Crippen LogP contribution in [-0.4, -0.2) is 18.1 Å². The van der Waals surface area contributed by atoms with Crippen LogP contribution in [0.5, 0.6) is 0 Å². The molecule has 0 unspecified atom stereocenters. The van der Waals surface area contributed by atoms with Gasteiger partial charge < -0.3 is 0 Å². The Kier molecular flexibility index (Phi) is 2.88. The van der Waals surface area contributed by atoms with Crippen LogP contribution in [0.1, 0.15) is 10.4 Å². The molecular weight excluding hydrogens is 200 g/mol. The molecule has 0 bridgehead atoms. The molecule has 76 valence electrons. The molecule has 5 heteroatoms. The number of halogens is 4. The van der Waals surface area contributed by atoms with Gasteiger partial charge in [-0.25, -0.2) is 8.78 Å². The van der Waals surface area contributed by atoms with Crippen LogP contribution >= 0.6 is 0 Å². The van der Waals surface area contributed by atoms with Crippen LogP contribution in [0.3, 0.4) is 0 Å². The molecule has 0 aliphatic rings. The monoisotopic (exact) mass is 206 g/mol. The zero-order valence-corrected chi connectivity index (χ0v) is 6.88. The smallest absolute Gasteiger partial charge is 0.287 e. The summed E-state index contributed by atoms with van der Waals surface area (Å²) in [6.45, 7) is 0. The first-order valence-corrected chi connectivity index (χ1v) is 3.72. The van der Waals surface area contributed by atoms with Gasteiger partial charge in [-0.05, 0) is 0 Å². The standard InChI is InChI=1S/C9H6F4O/c10-8(11)9(12,13)7(14)6-4-2-1-3-5-6/h1-5,8H. The zero-order chi connectivity index (χ0) is 10.8. The van der Waals surface area contributed by atoms with Gasteiger partial charge in [0.1, 0.15) is 0 Å². The molecule has 14 heavy (non-hydrogen) atoms. The normalized spacial score (nSPS) is 11.8. The predicted octanol–water partition coefficient (Wildman–Crippen LogP) is 2.77. The Bertz CT molecular complexity index is 321. The summed E-state index contributed by atoms with van der Waals surface area (Å²) < 4.78 is 48.6. The van der Waals surface area contributed by atoms with Crippen molar-refractivity contribution in [3.8, 4) is 0 Å². The lowest BCUT2D eigenvalue weighted by Crippen LogP contribution is -2.36. The van der Waals surface area contributed by atoms with Gasteiger partial charge in [-0.2, -0.15) is 8.78 Å². The first kappa shape index (κ1) is 10.7. The quantitative estimate of drug-likeness (QED) is 0.549. The largest absolute Gasteiger partial charge is 0.368 e. The molecule has 1 nitrogen and oxygen atoms in total. The van der Waals surface area contributed by atoms with Gasteiger partial charge in [-0.3, -0.25) is 4.79 Å². The summed E-state index contributed by atoms with van der Waals surface area (Å²) in [5.74, 6) is -6.46. The summed E-state index contributed by atoms with van der Waals surface area (Å²) in [7, 11) is 0. The first-order valence-electron chi connectivity index (χ1n) is 3.72. The lowest BCUT2D eigenvalue weighted by Gasteiger charge is -2.13. The summed E-state index contributed by atoms with van der Waals surface area (Å²) in [4.78, 5) is 10.9. The van der Waals surface area contributed by atoms with E-state index in [1.165, 1.54) is 18.2 Å². The maximum Gasteiger partial charge on any atom is 0.368 e. The van der Waals surface area contributed by atoms with Gasteiger partial charge in [-0.1, -0.05) is 30.3 Å². The molecule has 0 aromatic heterocycles. The van der Waals surface area contributed by atoms with Crippen LogP contribution in [0, 0.1) is 0 Å². The molecule has 0 fully saturated rings. The highest BCUT2D eigenvalue weighted by atomic mass is 19.3. The number of carbonyl (C=O) groups is 1. The molecule has 0 aliphatic carbocycles. The van der Waals surface area contributed by atoms with E-state index < -0.39 is 23.7 Å². The fourth-order valence-electron chi connectivity index (χ4n) is 0.881. The lowest BCUT2D eigenvalue weighted by atomic mass is 10.1. The topological polar surface area (TPSA) is 17.1 Å². The van der Waals surface area contributed by atoms with Gasteiger partial charge in [0.15, 0.2) is 0 Å². The van der Waals surface area contributed by atoms with E-state index in [0.717, 1.165) is 12.1 Å². The minimum Gasteiger partial charge on any atom is -0.287 e. The number of hydrogen-bond acceptors (Lipinski definition) is 1. The van der Waals surface area contributed by atoms with Crippen LogP contribution in [0.15, 0.2) is 30.3 Å². The van der Waals surface area contributed by atoms with Crippen molar-refractivity contribution in [2.24, 2.45) is 0 Å². The second-order valence-corrected chi connectivity index (χ2v) is 2.62. The molecule has 1 aromatic carbocycles. The lowest BCUT2D eigenvalue weighted by molar-refractivity contribution is -0.0958. The maximum absolute atomic E-state index is 12.5. The van der Waals surface area contributed by atoms with Crippen molar-refractivity contribution in [3.05, 3.63) is 35.9 Å². The van der Waals surface area contributed by atoms with E-state index in [-0.39, 0.29) is 0 Å². The molecule has 1 aromatic rings. The highest BCUT2D eigenvalue weighted by molar-refractivity contribution is 6.01. The van der Waals surface area contributed by atoms with Gasteiger partial charge in [0.05, 0.1) is 0 Å². The third-order valence-electron chi connectivity index (χ3n) is 1.61. The van der Waals surface area contributed by atoms with Crippen LogP contribution in [-0.2, 0) is 0 Å². The molecule has 0 amide bonds. The minimum atomic E-state index is -4.61. The summed E-state index contributed by atoms with van der Waals surface area (Å²) in [5, 5.41) is 0. The fourth-order valence-corrected chi connectivity index (χ4v) is 0.881. The summed E-state index contributed by atoms with van der Waals surface area (Å²) >= 11 is 0. The molecule has 0 N–H and O–H groups in total. The number of Topliss-reactive ketones (excluding diaryl/α,β-unsaturated/α-hetero) is 1. The number of benzene rings is 1. The molecule has 0 aliphatic heterocycles. The Morgan fingerprint density at radius 3 is 2.07 bits per heavy atom. The van der Waals surface area contributed by atoms with Crippen LogP contribution in [0.25, 0.3) is 0 Å². The SMILES string of the molecule is O=C(c1ccccc1)C(F)(F)C(F)F. The summed E-state index contributed by atoms with van der Waals surface area (Å²) in [6, 6.07) is 6.29. The van der Waals surface area contributed by atoms with Gasteiger partial charge in [0.2, 0.25) is 5.78 Å². The van der Waals surface area contributed by atoms with Crippen molar-refractivity contribution < 1.29 is 22.4 Å². The van der Waals surface area contributed by atoms with Gasteiger partial charge >= 0.3 is 12.3 Å². The number of carbonyl (C=O) groups excluding carboxylic acids is 1. The summed E-state index contributed by atoms with van der Waals surface area (Å²) in [5.41, 5.74) is -0.419. The van der Waals surface area contributed by atoms with Crippen molar-refractivity contribution >= 4 is 5.78 Å². The highest BCUT2D eigenvalue weighted by Crippen LogP contribution is 2.27. The van der Waals surface area contributed by atoms with Gasteiger partial charge in [0.25, 0.3) is 0 Å². The van der Waals surface area contributed by atoms with Crippen molar-refractivity contribution in [1.82, 2.24) is 0 Å². The predicted molar refractivity (Wildman–Crippen MR) is 41.7 cm³/mol. The Balaban J connectivity index is 2.97. The zero-order valence-electron chi connectivity index (χ0n) is 6.88. The molecule has 0 saturated heterocycles. The van der Waals surface area contributed by atoms with Crippen molar-refractivity contribution in [1.29, 1.82) is 0 Å². The number of alkyl halides is 4. The minimum absolute atomic E-state index is 0.419. The molecule has 0 heterocycles. The Labute approximate surface area is 77.3 Å². The first-order chi connectivity index (χ1) is 6.46. The number of ketones is 1. The van der Waals surface area contributed by atoms with Crippen molar-refractivity contribution in [3.63, 3.8) is 0 Å².